The van der Waals surface area contributed by atoms with E-state index in [0.29, 0.717) is 56.1 Å². The Morgan fingerprint density at radius 2 is 1.06 bits per heavy atom. The van der Waals surface area contributed by atoms with E-state index in [4.69, 9.17) is 0 Å². The molecule has 346 valence electrons. The van der Waals surface area contributed by atoms with Gasteiger partial charge in [-0.25, -0.2) is 23.5 Å². The molecule has 0 bridgehead atoms. The second-order valence-electron chi connectivity index (χ2n) is 16.6. The van der Waals surface area contributed by atoms with E-state index >= 15 is 0 Å². The number of amides is 5. The predicted molar refractivity (Wildman–Crippen MR) is 253 cm³/mol. The maximum absolute atomic E-state index is 14.9. The first-order valence-electron chi connectivity index (χ1n) is 21.5. The van der Waals surface area contributed by atoms with E-state index in [1.165, 1.54) is 65.3 Å². The third kappa shape index (κ3) is 12.2. The van der Waals surface area contributed by atoms with Crippen LogP contribution in [0.2, 0.25) is 0 Å². The molecule has 0 aliphatic heterocycles. The number of hydrogen-bond donors (Lipinski definition) is 6. The predicted octanol–water partition coefficient (Wildman–Crippen LogP) is 9.28. The largest absolute Gasteiger partial charge is 0.478 e. The van der Waals surface area contributed by atoms with E-state index in [1.807, 2.05) is 0 Å². The topological polar surface area (TPSA) is 209 Å². The van der Waals surface area contributed by atoms with Crippen molar-refractivity contribution in [2.75, 3.05) is 17.2 Å². The minimum atomic E-state index is -1.20. The van der Waals surface area contributed by atoms with Crippen molar-refractivity contribution in [2.45, 2.75) is 71.9 Å². The first-order chi connectivity index (χ1) is 32.1. The van der Waals surface area contributed by atoms with Crippen LogP contribution in [0.25, 0.3) is 22.3 Å². The smallest absolute Gasteiger partial charge is 0.335 e. The van der Waals surface area contributed by atoms with E-state index in [1.54, 1.807) is 49.0 Å². The van der Waals surface area contributed by atoms with Crippen molar-refractivity contribution < 1.29 is 42.7 Å². The molecule has 2 aromatic heterocycles. The van der Waals surface area contributed by atoms with Gasteiger partial charge in [-0.1, -0.05) is 26.0 Å². The van der Waals surface area contributed by atoms with Gasteiger partial charge in [0.2, 0.25) is 0 Å². The van der Waals surface area contributed by atoms with E-state index in [2.05, 4.69) is 50.4 Å². The number of nitrogens with one attached hydrogen (secondary N) is 5. The lowest BCUT2D eigenvalue weighted by Gasteiger charge is -2.16. The fraction of sp³-hybridized carbons (Fsp3) is 0.265. The number of nitrogens with zero attached hydrogens (tertiary/aromatic N) is 2. The molecule has 2 fully saturated rings. The van der Waals surface area contributed by atoms with Crippen LogP contribution >= 0.6 is 22.7 Å². The molecular weight excluding hydrogens is 901 g/mol. The Morgan fingerprint density at radius 1 is 0.612 bits per heavy atom. The summed E-state index contributed by atoms with van der Waals surface area (Å²) >= 11 is 2.47. The number of carbonyl (C=O) groups is 6. The summed E-state index contributed by atoms with van der Waals surface area (Å²) in [7, 11) is 0. The van der Waals surface area contributed by atoms with Crippen molar-refractivity contribution >= 4 is 68.4 Å². The SMILES string of the molecule is Cc1c(F)cc(C(=O)NC2CC2)cc1-c1ccc(C(=O)NCCC(C)C)cc1C(=O)Nc1nccs1.Cc1c(F)cc(C(=O)NC2CC2)cc1-c1ccc(C(=O)O)cc1C(=O)Nc1nccs1. The van der Waals surface area contributed by atoms with Crippen LogP contribution in [0.15, 0.2) is 83.8 Å². The molecule has 14 nitrogen and oxygen atoms in total. The van der Waals surface area contributed by atoms with E-state index in [9.17, 15) is 42.7 Å². The number of aromatic nitrogens is 2. The van der Waals surface area contributed by atoms with Gasteiger partial charge in [-0.05, 0) is 134 Å². The van der Waals surface area contributed by atoms with Crippen LogP contribution in [0.4, 0.5) is 19.0 Å². The van der Waals surface area contributed by atoms with Gasteiger partial charge in [-0.3, -0.25) is 34.6 Å². The molecule has 0 radical (unpaired) electrons. The minimum absolute atomic E-state index is 0.0392. The average Bonchev–Trinajstić information content (AvgIpc) is 4.19. The summed E-state index contributed by atoms with van der Waals surface area (Å²) < 4.78 is 29.6. The number of carboxylic acid groups (broad SMARTS) is 1. The minimum Gasteiger partial charge on any atom is -0.478 e. The van der Waals surface area contributed by atoms with Gasteiger partial charge in [0.25, 0.3) is 29.5 Å². The first-order valence-corrected chi connectivity index (χ1v) is 23.3. The molecule has 18 heteroatoms. The molecule has 2 aliphatic carbocycles. The molecular formula is C49H47F2N7O7S2. The Bertz CT molecular complexity index is 2860. The highest BCUT2D eigenvalue weighted by atomic mass is 32.1. The van der Waals surface area contributed by atoms with Crippen molar-refractivity contribution in [3.63, 3.8) is 0 Å². The summed E-state index contributed by atoms with van der Waals surface area (Å²) in [4.78, 5) is 83.7. The highest BCUT2D eigenvalue weighted by molar-refractivity contribution is 7.14. The second-order valence-corrected chi connectivity index (χ2v) is 18.4. The zero-order chi connectivity index (χ0) is 47.9. The number of carbonyl (C=O) groups excluding carboxylic acids is 5. The van der Waals surface area contributed by atoms with Crippen molar-refractivity contribution in [1.29, 1.82) is 0 Å². The molecule has 5 amide bonds. The van der Waals surface area contributed by atoms with Crippen molar-refractivity contribution in [2.24, 2.45) is 5.92 Å². The van der Waals surface area contributed by atoms with Crippen LogP contribution in [0.5, 0.6) is 0 Å². The number of anilines is 2. The van der Waals surface area contributed by atoms with Gasteiger partial charge >= 0.3 is 5.97 Å². The Hall–Kier alpha value is -7.18. The van der Waals surface area contributed by atoms with E-state index in [0.717, 1.165) is 38.2 Å². The summed E-state index contributed by atoms with van der Waals surface area (Å²) in [5.41, 5.74) is 2.79. The van der Waals surface area contributed by atoms with Gasteiger partial charge in [-0.15, -0.1) is 22.7 Å². The van der Waals surface area contributed by atoms with Crippen LogP contribution in [0, 0.1) is 31.4 Å². The number of benzene rings is 4. The Morgan fingerprint density at radius 3 is 1.46 bits per heavy atom. The summed E-state index contributed by atoms with van der Waals surface area (Å²) in [6.45, 7) is 7.80. The van der Waals surface area contributed by atoms with Gasteiger partial charge in [0, 0.05) is 69.6 Å². The molecule has 67 heavy (non-hydrogen) atoms. The van der Waals surface area contributed by atoms with E-state index < -0.39 is 35.3 Å². The standard InChI is InChI=1S/C27H29FN4O3S.C22H18FN3O4S/c1-15(2)8-9-29-24(33)17-4-7-20(22(12-17)26(35)32-27-30-10-11-36-27)21-13-18(14-23(28)16(21)3)25(34)31-19-5-6-19;1-11-16(9-13(10-18(11)23)19(27)25-14-3-4-14)15-5-2-12(21(29)30)8-17(15)20(28)26-22-24-6-7-31-22/h4,7,10-15,19H,5-6,8-9H2,1-3H3,(H,29,33)(H,31,34)(H,30,32,35);2,5-10,14H,3-4H2,1H3,(H,25,27)(H,29,30)(H,24,26,28). The number of halogens is 2. The average molecular weight is 948 g/mol. The van der Waals surface area contributed by atoms with Crippen LogP contribution in [0.3, 0.4) is 0 Å². The van der Waals surface area contributed by atoms with Gasteiger partial charge in [0.15, 0.2) is 10.3 Å². The summed E-state index contributed by atoms with van der Waals surface area (Å²) in [6, 6.07) is 14.5. The van der Waals surface area contributed by atoms with Crippen LogP contribution in [-0.2, 0) is 0 Å². The molecule has 8 rings (SSSR count). The number of hydrogen-bond acceptors (Lipinski definition) is 10. The van der Waals surface area contributed by atoms with Crippen molar-refractivity contribution in [3.05, 3.63) is 140 Å². The van der Waals surface area contributed by atoms with Crippen LogP contribution in [0.1, 0.15) is 119 Å². The zero-order valence-corrected chi connectivity index (χ0v) is 38.6. The molecule has 2 aliphatic rings. The third-order valence-electron chi connectivity index (χ3n) is 11.0. The second kappa shape index (κ2) is 21.0. The lowest BCUT2D eigenvalue weighted by Crippen LogP contribution is -2.26. The molecule has 2 saturated carbocycles. The van der Waals surface area contributed by atoms with Gasteiger partial charge in [0.05, 0.1) is 5.56 Å². The number of thiazole rings is 2. The van der Waals surface area contributed by atoms with Crippen molar-refractivity contribution in [1.82, 2.24) is 25.9 Å². The molecule has 2 heterocycles. The molecule has 6 N–H and O–H groups in total. The van der Waals surface area contributed by atoms with Crippen LogP contribution < -0.4 is 26.6 Å². The highest BCUT2D eigenvalue weighted by Crippen LogP contribution is 2.34. The quantitative estimate of drug-likeness (QED) is 0.0579. The monoisotopic (exact) mass is 947 g/mol. The number of rotatable bonds is 15. The molecule has 0 spiro atoms. The lowest BCUT2D eigenvalue weighted by molar-refractivity contribution is 0.0695. The van der Waals surface area contributed by atoms with Gasteiger partial charge in [0.1, 0.15) is 11.6 Å². The Labute approximate surface area is 392 Å². The Balaban J connectivity index is 0.000000201. The summed E-state index contributed by atoms with van der Waals surface area (Å²) in [5.74, 6) is -4.01. The lowest BCUT2D eigenvalue weighted by atomic mass is 9.92. The first kappa shape index (κ1) is 47.8. The maximum Gasteiger partial charge on any atom is 0.335 e. The van der Waals surface area contributed by atoms with Gasteiger partial charge < -0.3 is 21.1 Å². The highest BCUT2D eigenvalue weighted by Gasteiger charge is 2.28. The summed E-state index contributed by atoms with van der Waals surface area (Å²) in [5, 5.41) is 27.5. The molecule has 0 atom stereocenters. The maximum atomic E-state index is 14.9. The van der Waals surface area contributed by atoms with Crippen molar-refractivity contribution in [3.8, 4) is 22.3 Å². The zero-order valence-electron chi connectivity index (χ0n) is 36.9. The molecule has 6 aromatic rings. The van der Waals surface area contributed by atoms with Crippen LogP contribution in [-0.4, -0.2) is 69.2 Å². The molecule has 0 unspecified atom stereocenters. The number of aromatic carboxylic acids is 1. The third-order valence-corrected chi connectivity index (χ3v) is 12.3. The fourth-order valence-corrected chi connectivity index (χ4v) is 7.90. The number of carboxylic acids is 1. The van der Waals surface area contributed by atoms with Gasteiger partial charge in [-0.2, -0.15) is 0 Å². The van der Waals surface area contributed by atoms with E-state index in [-0.39, 0.29) is 57.3 Å². The molecule has 4 aromatic carbocycles. The fourth-order valence-electron chi connectivity index (χ4n) is 6.86. The molecule has 0 saturated heterocycles. The summed E-state index contributed by atoms with van der Waals surface area (Å²) in [6.07, 6.45) is 7.53. The Kier molecular flexibility index (Phi) is 15.0. The normalized spacial score (nSPS) is 12.9.